The van der Waals surface area contributed by atoms with Gasteiger partial charge in [-0.15, -0.1) is 0 Å². The number of hydrogen-bond donors (Lipinski definition) is 1. The maximum absolute atomic E-state index is 13.5. The molecule has 2 aromatic rings. The molecule has 8 atom stereocenters. The van der Waals surface area contributed by atoms with Gasteiger partial charge in [-0.25, -0.2) is 4.79 Å². The van der Waals surface area contributed by atoms with Crippen molar-refractivity contribution in [2.75, 3.05) is 13.2 Å². The summed E-state index contributed by atoms with van der Waals surface area (Å²) in [7, 11) is 0. The third-order valence-electron chi connectivity index (χ3n) is 10.2. The first kappa shape index (κ1) is 30.7. The van der Waals surface area contributed by atoms with Gasteiger partial charge in [0.05, 0.1) is 19.3 Å². The summed E-state index contributed by atoms with van der Waals surface area (Å²) in [6.07, 6.45) is 2.52. The first-order valence-electron chi connectivity index (χ1n) is 14.6. The van der Waals surface area contributed by atoms with Crippen LogP contribution in [-0.4, -0.2) is 52.9 Å². The summed E-state index contributed by atoms with van der Waals surface area (Å²) >= 11 is 0. The Balaban J connectivity index is 1.64. The van der Waals surface area contributed by atoms with Crippen LogP contribution in [0, 0.1) is 28.6 Å². The molecule has 2 aliphatic carbocycles. The smallest absolute Gasteiger partial charge is 0.345 e. The molecule has 1 N–H and O–H groups in total. The number of fused-ring (bicyclic) bond motifs is 4. The Morgan fingerprint density at radius 3 is 2.44 bits per heavy atom. The van der Waals surface area contributed by atoms with Crippen LogP contribution in [0.3, 0.4) is 0 Å². The summed E-state index contributed by atoms with van der Waals surface area (Å²) in [4.78, 5) is 53.8. The molecule has 43 heavy (non-hydrogen) atoms. The number of aliphatic hydroxyl groups is 1. The normalized spacial score (nSPS) is 34.4. The predicted octanol–water partition coefficient (Wildman–Crippen LogP) is 4.00. The van der Waals surface area contributed by atoms with Crippen molar-refractivity contribution in [1.29, 1.82) is 0 Å². The second kappa shape index (κ2) is 11.1. The van der Waals surface area contributed by atoms with E-state index in [4.69, 9.17) is 23.4 Å². The van der Waals surface area contributed by atoms with Crippen LogP contribution in [0.5, 0.6) is 5.75 Å². The Morgan fingerprint density at radius 1 is 1.09 bits per heavy atom. The topological polar surface area (TPSA) is 151 Å². The molecular weight excluding hydrogens is 558 g/mol. The molecule has 2 aromatic heterocycles. The van der Waals surface area contributed by atoms with Crippen molar-refractivity contribution in [2.24, 2.45) is 28.6 Å². The second-order valence-corrected chi connectivity index (χ2v) is 12.8. The number of hydrogen-bond acceptors (Lipinski definition) is 11. The molecule has 1 aliphatic heterocycles. The van der Waals surface area contributed by atoms with E-state index in [2.05, 4.69) is 4.98 Å². The fraction of sp³-hybridized carbons (Fsp3) is 0.594. The number of ether oxygens (including phenoxy) is 4. The zero-order valence-corrected chi connectivity index (χ0v) is 25.4. The largest absolute Gasteiger partial charge is 0.482 e. The van der Waals surface area contributed by atoms with Crippen LogP contribution in [0.2, 0.25) is 0 Å². The molecule has 0 saturated heterocycles. The van der Waals surface area contributed by atoms with Crippen molar-refractivity contribution >= 4 is 17.9 Å². The molecule has 3 aliphatic rings. The lowest BCUT2D eigenvalue weighted by atomic mass is 9.41. The van der Waals surface area contributed by atoms with Gasteiger partial charge in [0.2, 0.25) is 0 Å². The first-order valence-corrected chi connectivity index (χ1v) is 14.6. The van der Waals surface area contributed by atoms with Gasteiger partial charge >= 0.3 is 23.5 Å². The van der Waals surface area contributed by atoms with Crippen LogP contribution in [0.25, 0.3) is 11.3 Å². The molecule has 3 heterocycles. The van der Waals surface area contributed by atoms with Gasteiger partial charge in [0.25, 0.3) is 0 Å². The lowest BCUT2D eigenvalue weighted by Crippen LogP contribution is -2.70. The van der Waals surface area contributed by atoms with Gasteiger partial charge in [0.1, 0.15) is 28.8 Å². The van der Waals surface area contributed by atoms with Crippen molar-refractivity contribution in [1.82, 2.24) is 4.98 Å². The maximum atomic E-state index is 13.5. The molecule has 11 heteroatoms. The molecule has 0 aromatic carbocycles. The van der Waals surface area contributed by atoms with E-state index >= 15 is 0 Å². The summed E-state index contributed by atoms with van der Waals surface area (Å²) in [5.74, 6) is -2.18. The quantitative estimate of drug-likeness (QED) is 0.380. The molecule has 0 amide bonds. The fourth-order valence-electron chi connectivity index (χ4n) is 8.26. The van der Waals surface area contributed by atoms with E-state index in [0.717, 1.165) is 0 Å². The molecule has 2 saturated carbocycles. The summed E-state index contributed by atoms with van der Waals surface area (Å²) < 4.78 is 29.3. The van der Waals surface area contributed by atoms with E-state index < -0.39 is 58.1 Å². The van der Waals surface area contributed by atoms with Gasteiger partial charge in [0, 0.05) is 62.0 Å². The SMILES string of the molecule is CC(=O)OC[C@H]1CC[C@@]2(C)[C@@H](C[C@H](OC(C)=O)[C@@]3(C)Oc4cc(-c5cccnc5)oc(=O)c4[C@H](O)[C@H]23)[C@@]1(C)COC(C)=O. The highest BCUT2D eigenvalue weighted by Crippen LogP contribution is 2.68. The third-order valence-corrected chi connectivity index (χ3v) is 10.2. The molecule has 2 fully saturated rings. The highest BCUT2D eigenvalue weighted by molar-refractivity contribution is 5.67. The first-order chi connectivity index (χ1) is 20.2. The van der Waals surface area contributed by atoms with Gasteiger partial charge < -0.3 is 28.5 Å². The van der Waals surface area contributed by atoms with Crippen LogP contribution in [0.15, 0.2) is 39.8 Å². The molecule has 0 spiro atoms. The minimum Gasteiger partial charge on any atom is -0.482 e. The van der Waals surface area contributed by atoms with Crippen LogP contribution >= 0.6 is 0 Å². The monoisotopic (exact) mass is 597 g/mol. The van der Waals surface area contributed by atoms with Gasteiger partial charge in [-0.2, -0.15) is 0 Å². The van der Waals surface area contributed by atoms with Crippen LogP contribution in [-0.2, 0) is 28.6 Å². The number of esters is 3. The van der Waals surface area contributed by atoms with E-state index in [1.807, 2.05) is 20.8 Å². The molecule has 0 radical (unpaired) electrons. The van der Waals surface area contributed by atoms with E-state index in [0.29, 0.717) is 24.8 Å². The zero-order chi connectivity index (χ0) is 31.3. The molecule has 0 bridgehead atoms. The second-order valence-electron chi connectivity index (χ2n) is 12.8. The van der Waals surface area contributed by atoms with E-state index in [1.165, 1.54) is 20.8 Å². The Kier molecular flexibility index (Phi) is 7.91. The number of rotatable bonds is 6. The molecule has 5 rings (SSSR count). The van der Waals surface area contributed by atoms with Gasteiger partial charge in [-0.05, 0) is 49.7 Å². The fourth-order valence-corrected chi connectivity index (χ4v) is 8.26. The van der Waals surface area contributed by atoms with E-state index in [1.54, 1.807) is 30.6 Å². The molecule has 11 nitrogen and oxygen atoms in total. The van der Waals surface area contributed by atoms with Gasteiger partial charge in [-0.3, -0.25) is 19.4 Å². The molecular formula is C32H39NO10. The standard InChI is InChI=1S/C32H39NO10/c1-17(34)39-15-21-9-10-30(4)24(31(21,5)16-40-18(2)35)13-25(41-19(3)36)32(6)28(30)27(37)26-23(43-32)12-22(42-29(26)38)20-8-7-11-33-14-20/h7-8,11-12,14,21,24-25,27-28,37H,9-10,13,15-16H2,1-6H3/t21-,24-,25+,27+,28-,30+,31+,32-/m1/s1. The average molecular weight is 598 g/mol. The minimum absolute atomic E-state index is 0.00212. The number of aliphatic hydroxyl groups excluding tert-OH is 1. The average Bonchev–Trinajstić information content (AvgIpc) is 2.92. The Bertz CT molecular complexity index is 1470. The summed E-state index contributed by atoms with van der Waals surface area (Å²) in [6.45, 7) is 10.00. The number of carbonyl (C=O) groups excluding carboxylic acids is 3. The highest BCUT2D eigenvalue weighted by Gasteiger charge is 2.70. The molecule has 0 unspecified atom stereocenters. The van der Waals surface area contributed by atoms with Gasteiger partial charge in [-0.1, -0.05) is 13.8 Å². The molecule has 232 valence electrons. The Labute approximate surface area is 249 Å². The number of aromatic nitrogens is 1. The summed E-state index contributed by atoms with van der Waals surface area (Å²) in [6, 6.07) is 5.03. The van der Waals surface area contributed by atoms with Crippen molar-refractivity contribution < 1.29 is 42.9 Å². The van der Waals surface area contributed by atoms with Crippen LogP contribution < -0.4 is 10.4 Å². The Hall–Kier alpha value is -3.73. The number of carbonyl (C=O) groups is 3. The summed E-state index contributed by atoms with van der Waals surface area (Å²) in [5, 5.41) is 12.1. The summed E-state index contributed by atoms with van der Waals surface area (Å²) in [5.41, 5.74) is -2.81. The lowest BCUT2D eigenvalue weighted by Gasteiger charge is -2.66. The van der Waals surface area contributed by atoms with Crippen molar-refractivity contribution in [2.45, 2.75) is 78.6 Å². The number of pyridine rings is 1. The maximum Gasteiger partial charge on any atom is 0.345 e. The van der Waals surface area contributed by atoms with Gasteiger partial charge in [0.15, 0.2) is 0 Å². The van der Waals surface area contributed by atoms with Crippen molar-refractivity contribution in [3.05, 3.63) is 46.6 Å². The number of nitrogens with zero attached hydrogens (tertiary/aromatic N) is 1. The Morgan fingerprint density at radius 2 is 1.81 bits per heavy atom. The van der Waals surface area contributed by atoms with Crippen molar-refractivity contribution in [3.8, 4) is 17.1 Å². The van der Waals surface area contributed by atoms with Crippen LogP contribution in [0.4, 0.5) is 0 Å². The predicted molar refractivity (Wildman–Crippen MR) is 152 cm³/mol. The third kappa shape index (κ3) is 5.21. The van der Waals surface area contributed by atoms with Crippen LogP contribution in [0.1, 0.15) is 72.5 Å². The van der Waals surface area contributed by atoms with Crippen molar-refractivity contribution in [3.63, 3.8) is 0 Å². The zero-order valence-electron chi connectivity index (χ0n) is 25.4. The highest BCUT2D eigenvalue weighted by atomic mass is 16.6. The van der Waals surface area contributed by atoms with E-state index in [9.17, 15) is 24.3 Å². The minimum atomic E-state index is -1.32. The lowest BCUT2D eigenvalue weighted by molar-refractivity contribution is -0.265. The van der Waals surface area contributed by atoms with E-state index in [-0.39, 0.29) is 42.1 Å².